The molecule has 16 heavy (non-hydrogen) atoms. The van der Waals surface area contributed by atoms with Crippen LogP contribution < -0.4 is 5.73 Å². The Labute approximate surface area is 94.1 Å². The zero-order valence-electron chi connectivity index (χ0n) is 9.62. The first kappa shape index (κ1) is 12.6. The van der Waals surface area contributed by atoms with Crippen molar-refractivity contribution in [2.24, 2.45) is 5.73 Å². The van der Waals surface area contributed by atoms with Crippen molar-refractivity contribution in [3.63, 3.8) is 0 Å². The Kier molecular flexibility index (Phi) is 3.33. The van der Waals surface area contributed by atoms with Gasteiger partial charge in [-0.1, -0.05) is 26.0 Å². The van der Waals surface area contributed by atoms with E-state index in [1.807, 2.05) is 0 Å². The molecule has 0 fully saturated rings. The quantitative estimate of drug-likeness (QED) is 0.824. The molecule has 3 nitrogen and oxygen atoms in total. The van der Waals surface area contributed by atoms with Crippen LogP contribution in [0.4, 0.5) is 4.39 Å². The Morgan fingerprint density at radius 2 is 2.06 bits per heavy atom. The maximum absolute atomic E-state index is 13.1. The van der Waals surface area contributed by atoms with Gasteiger partial charge in [0.2, 0.25) is 0 Å². The van der Waals surface area contributed by atoms with Crippen molar-refractivity contribution in [3.8, 4) is 0 Å². The van der Waals surface area contributed by atoms with Crippen LogP contribution in [-0.2, 0) is 10.2 Å². The van der Waals surface area contributed by atoms with Gasteiger partial charge in [0.25, 0.3) is 0 Å². The van der Waals surface area contributed by atoms with Gasteiger partial charge in [0.15, 0.2) is 0 Å². The summed E-state index contributed by atoms with van der Waals surface area (Å²) in [5.74, 6) is -1.37. The fourth-order valence-corrected chi connectivity index (χ4v) is 1.53. The highest BCUT2D eigenvalue weighted by Crippen LogP contribution is 2.27. The number of benzene rings is 1. The molecule has 3 N–H and O–H groups in total. The van der Waals surface area contributed by atoms with E-state index in [0.29, 0.717) is 5.56 Å². The number of nitrogens with two attached hydrogens (primary N) is 1. The highest BCUT2D eigenvalue weighted by Gasteiger charge is 2.33. The van der Waals surface area contributed by atoms with Crippen molar-refractivity contribution in [2.75, 3.05) is 0 Å². The summed E-state index contributed by atoms with van der Waals surface area (Å²) in [6.07, 6.45) is 0. The van der Waals surface area contributed by atoms with Gasteiger partial charge in [-0.2, -0.15) is 0 Å². The number of carboxylic acids is 1. The molecule has 1 unspecified atom stereocenters. The van der Waals surface area contributed by atoms with E-state index < -0.39 is 17.4 Å². The van der Waals surface area contributed by atoms with Gasteiger partial charge >= 0.3 is 5.97 Å². The van der Waals surface area contributed by atoms with Crippen molar-refractivity contribution in [1.82, 2.24) is 0 Å². The first-order valence-electron chi connectivity index (χ1n) is 5.02. The van der Waals surface area contributed by atoms with E-state index in [4.69, 9.17) is 10.8 Å². The molecule has 0 amide bonds. The van der Waals surface area contributed by atoms with Crippen LogP contribution in [0.5, 0.6) is 0 Å². The molecule has 88 valence electrons. The average Bonchev–Trinajstić information content (AvgIpc) is 2.20. The second kappa shape index (κ2) is 4.22. The van der Waals surface area contributed by atoms with Crippen molar-refractivity contribution >= 4 is 5.97 Å². The molecule has 0 aromatic heterocycles. The molecule has 0 aliphatic rings. The van der Waals surface area contributed by atoms with E-state index in [-0.39, 0.29) is 5.82 Å². The summed E-state index contributed by atoms with van der Waals surface area (Å²) in [5.41, 5.74) is 6.10. The lowest BCUT2D eigenvalue weighted by atomic mass is 9.77. The van der Waals surface area contributed by atoms with Gasteiger partial charge in [-0.05, 0) is 24.1 Å². The first-order chi connectivity index (χ1) is 7.26. The van der Waals surface area contributed by atoms with Crippen LogP contribution in [0.2, 0.25) is 0 Å². The van der Waals surface area contributed by atoms with Crippen LogP contribution in [-0.4, -0.2) is 17.1 Å². The van der Waals surface area contributed by atoms with Crippen LogP contribution >= 0.6 is 0 Å². The van der Waals surface area contributed by atoms with E-state index in [1.54, 1.807) is 32.9 Å². The Bertz CT molecular complexity index is 415. The van der Waals surface area contributed by atoms with Gasteiger partial charge in [-0.15, -0.1) is 0 Å². The Hall–Kier alpha value is -1.42. The molecule has 1 atom stereocenters. The molecule has 4 heteroatoms. The molecular formula is C12H16FNO2. The number of aryl methyl sites for hydroxylation is 1. The Morgan fingerprint density at radius 1 is 1.50 bits per heavy atom. The van der Waals surface area contributed by atoms with Crippen LogP contribution in [0.3, 0.4) is 0 Å². The third kappa shape index (κ3) is 2.22. The number of carboxylic acid groups (broad SMARTS) is 1. The second-order valence-corrected chi connectivity index (χ2v) is 4.50. The third-order valence-electron chi connectivity index (χ3n) is 2.95. The maximum Gasteiger partial charge on any atom is 0.321 e. The fraction of sp³-hybridized carbons (Fsp3) is 0.417. The molecule has 1 rings (SSSR count). The van der Waals surface area contributed by atoms with E-state index in [0.717, 1.165) is 5.56 Å². The molecule has 0 radical (unpaired) electrons. The molecule has 0 aliphatic heterocycles. The zero-order chi connectivity index (χ0) is 12.5. The first-order valence-corrected chi connectivity index (χ1v) is 5.02. The summed E-state index contributed by atoms with van der Waals surface area (Å²) >= 11 is 0. The number of hydrogen-bond donors (Lipinski definition) is 2. The molecule has 0 saturated carbocycles. The SMILES string of the molecule is Cc1cc(C(C)(C)C(N)C(=O)O)ccc1F. The molecule has 1 aromatic rings. The number of carbonyl (C=O) groups is 1. The summed E-state index contributed by atoms with van der Waals surface area (Å²) in [6, 6.07) is 3.53. The van der Waals surface area contributed by atoms with Gasteiger partial charge < -0.3 is 10.8 Å². The normalized spacial score (nSPS) is 13.6. The van der Waals surface area contributed by atoms with Gasteiger partial charge in [0.05, 0.1) is 0 Å². The molecule has 0 saturated heterocycles. The van der Waals surface area contributed by atoms with Gasteiger partial charge in [-0.3, -0.25) is 4.79 Å². The van der Waals surface area contributed by atoms with Crippen LogP contribution in [0.25, 0.3) is 0 Å². The maximum atomic E-state index is 13.1. The van der Waals surface area contributed by atoms with E-state index in [1.165, 1.54) is 6.07 Å². The van der Waals surface area contributed by atoms with E-state index in [2.05, 4.69) is 0 Å². The van der Waals surface area contributed by atoms with Crippen molar-refractivity contribution in [2.45, 2.75) is 32.2 Å². The predicted octanol–water partition coefficient (Wildman–Crippen LogP) is 1.82. The van der Waals surface area contributed by atoms with Gasteiger partial charge in [0, 0.05) is 5.41 Å². The number of rotatable bonds is 3. The van der Waals surface area contributed by atoms with Crippen LogP contribution in [0, 0.1) is 12.7 Å². The Balaban J connectivity index is 3.16. The summed E-state index contributed by atoms with van der Waals surface area (Å²) in [6.45, 7) is 5.11. The fourth-order valence-electron chi connectivity index (χ4n) is 1.53. The average molecular weight is 225 g/mol. The minimum Gasteiger partial charge on any atom is -0.480 e. The number of halogens is 1. The lowest BCUT2D eigenvalue weighted by Crippen LogP contribution is -2.46. The second-order valence-electron chi connectivity index (χ2n) is 4.50. The summed E-state index contributed by atoms with van der Waals surface area (Å²) < 4.78 is 13.1. The molecular weight excluding hydrogens is 209 g/mol. The lowest BCUT2D eigenvalue weighted by molar-refractivity contribution is -0.140. The van der Waals surface area contributed by atoms with Crippen molar-refractivity contribution < 1.29 is 14.3 Å². The summed E-state index contributed by atoms with van der Waals surface area (Å²) in [7, 11) is 0. The van der Waals surface area contributed by atoms with Gasteiger partial charge in [0.1, 0.15) is 11.9 Å². The molecule has 0 bridgehead atoms. The highest BCUT2D eigenvalue weighted by atomic mass is 19.1. The highest BCUT2D eigenvalue weighted by molar-refractivity contribution is 5.75. The smallest absolute Gasteiger partial charge is 0.321 e. The monoisotopic (exact) mass is 225 g/mol. The summed E-state index contributed by atoms with van der Waals surface area (Å²) in [4.78, 5) is 10.9. The third-order valence-corrected chi connectivity index (χ3v) is 2.95. The minimum atomic E-state index is -1.06. The van der Waals surface area contributed by atoms with Gasteiger partial charge in [-0.25, -0.2) is 4.39 Å². The van der Waals surface area contributed by atoms with Crippen molar-refractivity contribution in [3.05, 3.63) is 35.1 Å². The number of hydrogen-bond acceptors (Lipinski definition) is 2. The molecule has 0 aliphatic carbocycles. The lowest BCUT2D eigenvalue weighted by Gasteiger charge is -2.29. The molecule has 1 aromatic carbocycles. The largest absolute Gasteiger partial charge is 0.480 e. The van der Waals surface area contributed by atoms with Crippen molar-refractivity contribution in [1.29, 1.82) is 0 Å². The number of aliphatic carboxylic acids is 1. The van der Waals surface area contributed by atoms with E-state index in [9.17, 15) is 9.18 Å². The summed E-state index contributed by atoms with van der Waals surface area (Å²) in [5, 5.41) is 8.90. The van der Waals surface area contributed by atoms with E-state index >= 15 is 0 Å². The minimum absolute atomic E-state index is 0.302. The zero-order valence-corrected chi connectivity index (χ0v) is 9.62. The van der Waals surface area contributed by atoms with Crippen LogP contribution in [0.1, 0.15) is 25.0 Å². The van der Waals surface area contributed by atoms with Crippen LogP contribution in [0.15, 0.2) is 18.2 Å². The predicted molar refractivity (Wildman–Crippen MR) is 59.8 cm³/mol. The Morgan fingerprint density at radius 3 is 2.50 bits per heavy atom. The molecule has 0 spiro atoms. The topological polar surface area (TPSA) is 63.3 Å². The molecule has 0 heterocycles. The standard InChI is InChI=1S/C12H16FNO2/c1-7-6-8(4-5-9(7)13)12(2,3)10(14)11(15)16/h4-6,10H,14H2,1-3H3,(H,15,16).